The number of rotatable bonds is 5. The zero-order chi connectivity index (χ0) is 16.4. The Morgan fingerprint density at radius 2 is 2.00 bits per heavy atom. The smallest absolute Gasteiger partial charge is 0.270 e. The van der Waals surface area contributed by atoms with Gasteiger partial charge in [0.2, 0.25) is 0 Å². The third-order valence-corrected chi connectivity index (χ3v) is 4.00. The Morgan fingerprint density at radius 3 is 2.55 bits per heavy atom. The highest BCUT2D eigenvalue weighted by molar-refractivity contribution is 6.00. The molecule has 2 atom stereocenters. The summed E-state index contributed by atoms with van der Waals surface area (Å²) in [5.41, 5.74) is 7.95. The van der Waals surface area contributed by atoms with Gasteiger partial charge in [0.05, 0.1) is 5.69 Å². The molecule has 1 aromatic rings. The normalized spacial score (nSPS) is 19.4. The van der Waals surface area contributed by atoms with Crippen LogP contribution in [0, 0.1) is 11.8 Å². The van der Waals surface area contributed by atoms with E-state index < -0.39 is 6.10 Å². The summed E-state index contributed by atoms with van der Waals surface area (Å²) < 4.78 is 11.1. The first-order valence-corrected chi connectivity index (χ1v) is 7.73. The Balaban J connectivity index is 2.44. The van der Waals surface area contributed by atoms with Gasteiger partial charge in [-0.25, -0.2) is 0 Å². The van der Waals surface area contributed by atoms with Crippen molar-refractivity contribution < 1.29 is 14.3 Å². The average molecular weight is 306 g/mol. The molecule has 1 aliphatic heterocycles. The number of fused-ring (bicyclic) bond motifs is 1. The van der Waals surface area contributed by atoms with Gasteiger partial charge in [-0.3, -0.25) is 9.69 Å². The van der Waals surface area contributed by atoms with E-state index in [0.717, 1.165) is 11.3 Å². The van der Waals surface area contributed by atoms with Gasteiger partial charge in [-0.05, 0) is 29.5 Å². The molecule has 0 aliphatic carbocycles. The molecule has 0 saturated carbocycles. The number of carbonyl (C=O) groups is 1. The van der Waals surface area contributed by atoms with Gasteiger partial charge in [0.1, 0.15) is 12.5 Å². The highest BCUT2D eigenvalue weighted by atomic mass is 16.5. The molecule has 5 nitrogen and oxygen atoms in total. The molecule has 5 heteroatoms. The van der Waals surface area contributed by atoms with Crippen molar-refractivity contribution in [3.8, 4) is 5.75 Å². The molecule has 1 aromatic carbocycles. The van der Waals surface area contributed by atoms with Crippen LogP contribution in [0.3, 0.4) is 0 Å². The molecule has 1 aliphatic rings. The summed E-state index contributed by atoms with van der Waals surface area (Å²) in [7, 11) is 1.58. The minimum Gasteiger partial charge on any atom is -0.478 e. The third kappa shape index (κ3) is 3.10. The molecule has 2 N–H and O–H groups in total. The fourth-order valence-electron chi connectivity index (χ4n) is 2.58. The zero-order valence-electron chi connectivity index (χ0n) is 14.0. The lowest BCUT2D eigenvalue weighted by molar-refractivity contribution is -0.129. The van der Waals surface area contributed by atoms with Crippen LogP contribution in [0.25, 0.3) is 0 Å². The highest BCUT2D eigenvalue weighted by Gasteiger charge is 2.36. The standard InChI is InChI=1S/C17H26N2O3/c1-10(2)15(18)12-6-7-14-13(8-12)19(9-21-5)17(20)16(22-14)11(3)4/h6-8,10-11,15-16H,9,18H2,1-5H3. The van der Waals surface area contributed by atoms with E-state index in [1.165, 1.54) is 0 Å². The second-order valence-electron chi connectivity index (χ2n) is 6.46. The summed E-state index contributed by atoms with van der Waals surface area (Å²) in [5.74, 6) is 1.05. The lowest BCUT2D eigenvalue weighted by Crippen LogP contribution is -2.49. The molecule has 0 spiro atoms. The minimum atomic E-state index is -0.479. The lowest BCUT2D eigenvalue weighted by atomic mass is 9.95. The largest absolute Gasteiger partial charge is 0.478 e. The summed E-state index contributed by atoms with van der Waals surface area (Å²) in [5, 5.41) is 0. The zero-order valence-corrected chi connectivity index (χ0v) is 14.0. The van der Waals surface area contributed by atoms with Crippen LogP contribution >= 0.6 is 0 Å². The van der Waals surface area contributed by atoms with Gasteiger partial charge in [0.15, 0.2) is 6.10 Å². The van der Waals surface area contributed by atoms with Crippen LogP contribution in [0.4, 0.5) is 5.69 Å². The van der Waals surface area contributed by atoms with Gasteiger partial charge in [-0.1, -0.05) is 33.8 Å². The maximum Gasteiger partial charge on any atom is 0.270 e. The van der Waals surface area contributed by atoms with Gasteiger partial charge in [-0.2, -0.15) is 0 Å². The summed E-state index contributed by atoms with van der Waals surface area (Å²) >= 11 is 0. The summed E-state index contributed by atoms with van der Waals surface area (Å²) in [4.78, 5) is 14.3. The van der Waals surface area contributed by atoms with Crippen molar-refractivity contribution in [3.63, 3.8) is 0 Å². The van der Waals surface area contributed by atoms with E-state index >= 15 is 0 Å². The van der Waals surface area contributed by atoms with E-state index in [9.17, 15) is 4.79 Å². The first-order chi connectivity index (χ1) is 10.4. The number of amides is 1. The molecule has 2 rings (SSSR count). The molecule has 22 heavy (non-hydrogen) atoms. The van der Waals surface area contributed by atoms with Crippen molar-refractivity contribution in [3.05, 3.63) is 23.8 Å². The molecule has 122 valence electrons. The van der Waals surface area contributed by atoms with Crippen LogP contribution in [0.2, 0.25) is 0 Å². The van der Waals surface area contributed by atoms with Crippen molar-refractivity contribution >= 4 is 11.6 Å². The average Bonchev–Trinajstić information content (AvgIpc) is 2.48. The highest BCUT2D eigenvalue weighted by Crippen LogP contribution is 2.38. The van der Waals surface area contributed by atoms with Crippen LogP contribution < -0.4 is 15.4 Å². The van der Waals surface area contributed by atoms with Crippen LogP contribution in [0.5, 0.6) is 5.75 Å². The topological polar surface area (TPSA) is 64.8 Å². The Hall–Kier alpha value is -1.59. The first kappa shape index (κ1) is 16.8. The number of methoxy groups -OCH3 is 1. The third-order valence-electron chi connectivity index (χ3n) is 4.00. The van der Waals surface area contributed by atoms with Crippen molar-refractivity contribution in [1.29, 1.82) is 0 Å². The minimum absolute atomic E-state index is 0.0698. The molecule has 1 heterocycles. The molecule has 0 radical (unpaired) electrons. The summed E-state index contributed by atoms with van der Waals surface area (Å²) in [6.45, 7) is 8.31. The fourth-order valence-corrected chi connectivity index (χ4v) is 2.58. The number of nitrogens with zero attached hydrogens (tertiary/aromatic N) is 1. The summed E-state index contributed by atoms with van der Waals surface area (Å²) in [6, 6.07) is 5.74. The number of anilines is 1. The maximum absolute atomic E-state index is 12.6. The van der Waals surface area contributed by atoms with Crippen molar-refractivity contribution in [2.75, 3.05) is 18.7 Å². The van der Waals surface area contributed by atoms with Gasteiger partial charge in [0, 0.05) is 13.2 Å². The number of carbonyl (C=O) groups excluding carboxylic acids is 1. The molecule has 0 aromatic heterocycles. The number of nitrogens with two attached hydrogens (primary N) is 1. The van der Waals surface area contributed by atoms with Crippen LogP contribution in [0.1, 0.15) is 39.3 Å². The monoisotopic (exact) mass is 306 g/mol. The van der Waals surface area contributed by atoms with Crippen LogP contribution in [0.15, 0.2) is 18.2 Å². The van der Waals surface area contributed by atoms with Gasteiger partial charge >= 0.3 is 0 Å². The summed E-state index contributed by atoms with van der Waals surface area (Å²) in [6.07, 6.45) is -0.479. The van der Waals surface area contributed by atoms with Crippen molar-refractivity contribution in [2.45, 2.75) is 39.8 Å². The Morgan fingerprint density at radius 1 is 1.32 bits per heavy atom. The van der Waals surface area contributed by atoms with E-state index in [1.54, 1.807) is 12.0 Å². The first-order valence-electron chi connectivity index (χ1n) is 7.73. The molecule has 2 unspecified atom stereocenters. The quantitative estimate of drug-likeness (QED) is 0.908. The second kappa shape index (κ2) is 6.67. The van der Waals surface area contributed by atoms with Crippen LogP contribution in [-0.2, 0) is 9.53 Å². The van der Waals surface area contributed by atoms with Gasteiger partial charge < -0.3 is 15.2 Å². The fraction of sp³-hybridized carbons (Fsp3) is 0.588. The predicted molar refractivity (Wildman–Crippen MR) is 86.8 cm³/mol. The van der Waals surface area contributed by atoms with Crippen LogP contribution in [-0.4, -0.2) is 25.9 Å². The van der Waals surface area contributed by atoms with Gasteiger partial charge in [0.25, 0.3) is 5.91 Å². The van der Waals surface area contributed by atoms with Crippen molar-refractivity contribution in [1.82, 2.24) is 0 Å². The van der Waals surface area contributed by atoms with E-state index in [-0.39, 0.29) is 24.6 Å². The molecular weight excluding hydrogens is 280 g/mol. The Kier molecular flexibility index (Phi) is 5.08. The number of ether oxygens (including phenoxy) is 2. The number of hydrogen-bond donors (Lipinski definition) is 1. The van der Waals surface area contributed by atoms with E-state index in [0.29, 0.717) is 11.7 Å². The maximum atomic E-state index is 12.6. The second-order valence-corrected chi connectivity index (χ2v) is 6.46. The predicted octanol–water partition coefficient (Wildman–Crippen LogP) is 2.70. The van der Waals surface area contributed by atoms with Gasteiger partial charge in [-0.15, -0.1) is 0 Å². The van der Waals surface area contributed by atoms with E-state index in [4.69, 9.17) is 15.2 Å². The van der Waals surface area contributed by atoms with E-state index in [1.807, 2.05) is 32.0 Å². The van der Waals surface area contributed by atoms with Crippen molar-refractivity contribution in [2.24, 2.45) is 17.6 Å². The molecule has 1 amide bonds. The Bertz CT molecular complexity index is 543. The number of benzene rings is 1. The lowest BCUT2D eigenvalue weighted by Gasteiger charge is -2.36. The molecule has 0 saturated heterocycles. The molecular formula is C17H26N2O3. The Labute approximate surface area is 132 Å². The van der Waals surface area contributed by atoms with E-state index in [2.05, 4.69) is 13.8 Å². The molecule has 0 bridgehead atoms. The number of hydrogen-bond acceptors (Lipinski definition) is 4. The SMILES string of the molecule is COCN1C(=O)C(C(C)C)Oc2ccc(C(N)C(C)C)cc21. The molecule has 0 fully saturated rings.